The van der Waals surface area contributed by atoms with E-state index in [-0.39, 0.29) is 11.0 Å². The first-order chi connectivity index (χ1) is 8.91. The number of hydrogen-bond acceptors (Lipinski definition) is 4. The van der Waals surface area contributed by atoms with E-state index >= 15 is 0 Å². The number of nitro benzene ring substituents is 1. The molecule has 1 aromatic rings. The van der Waals surface area contributed by atoms with Gasteiger partial charge in [-0.15, -0.1) is 0 Å². The predicted molar refractivity (Wildman–Crippen MR) is 64.3 cm³/mol. The standard InChI is InChI=1S/C12H13FN2O4/c1-12(6-19-7-12)5-14-11(16)8-2-3-9(13)10(4-8)15(17)18/h2-4H,5-7H2,1H3,(H,14,16). The van der Waals surface area contributed by atoms with Crippen LogP contribution in [-0.2, 0) is 4.74 Å². The van der Waals surface area contributed by atoms with Crippen LogP contribution in [0.1, 0.15) is 17.3 Å². The van der Waals surface area contributed by atoms with Crippen molar-refractivity contribution in [1.82, 2.24) is 5.32 Å². The molecule has 0 bridgehead atoms. The van der Waals surface area contributed by atoms with Crippen LogP contribution in [0.5, 0.6) is 0 Å². The third-order valence-corrected chi connectivity index (χ3v) is 2.98. The van der Waals surface area contributed by atoms with Crippen LogP contribution in [0.2, 0.25) is 0 Å². The summed E-state index contributed by atoms with van der Waals surface area (Å²) >= 11 is 0. The minimum atomic E-state index is -0.957. The second kappa shape index (κ2) is 4.93. The second-order valence-electron chi connectivity index (χ2n) is 4.91. The molecule has 1 N–H and O–H groups in total. The van der Waals surface area contributed by atoms with Crippen molar-refractivity contribution in [3.8, 4) is 0 Å². The summed E-state index contributed by atoms with van der Waals surface area (Å²) in [6.45, 7) is 3.51. The normalized spacial score (nSPS) is 16.5. The SMILES string of the molecule is CC1(CNC(=O)c2ccc(F)c([N+](=O)[O-])c2)COC1. The molecule has 1 aliphatic rings. The van der Waals surface area contributed by atoms with Crippen LogP contribution in [0.15, 0.2) is 18.2 Å². The molecule has 102 valence electrons. The summed E-state index contributed by atoms with van der Waals surface area (Å²) in [5.41, 5.74) is -0.732. The molecular weight excluding hydrogens is 255 g/mol. The minimum Gasteiger partial charge on any atom is -0.380 e. The molecule has 1 saturated heterocycles. The van der Waals surface area contributed by atoms with Gasteiger partial charge >= 0.3 is 5.69 Å². The number of carbonyl (C=O) groups excluding carboxylic acids is 1. The Labute approximate surface area is 108 Å². The van der Waals surface area contributed by atoms with Gasteiger partial charge in [-0.05, 0) is 12.1 Å². The van der Waals surface area contributed by atoms with Gasteiger partial charge in [0.1, 0.15) is 0 Å². The van der Waals surface area contributed by atoms with E-state index in [1.54, 1.807) is 0 Å². The minimum absolute atomic E-state index is 0.0666. The van der Waals surface area contributed by atoms with Crippen LogP contribution in [0.25, 0.3) is 0 Å². The third kappa shape index (κ3) is 2.87. The van der Waals surface area contributed by atoms with Crippen LogP contribution < -0.4 is 5.32 Å². The van der Waals surface area contributed by atoms with Crippen LogP contribution in [0.4, 0.5) is 10.1 Å². The molecule has 0 atom stereocenters. The number of carbonyl (C=O) groups is 1. The number of nitrogens with zero attached hydrogens (tertiary/aromatic N) is 1. The summed E-state index contributed by atoms with van der Waals surface area (Å²) in [6, 6.07) is 3.07. The Morgan fingerprint density at radius 3 is 2.79 bits per heavy atom. The van der Waals surface area contributed by atoms with Crippen molar-refractivity contribution >= 4 is 11.6 Å². The number of halogens is 1. The lowest BCUT2D eigenvalue weighted by atomic mass is 9.88. The highest BCUT2D eigenvalue weighted by Gasteiger charge is 2.33. The fourth-order valence-electron chi connectivity index (χ4n) is 1.74. The van der Waals surface area contributed by atoms with Crippen molar-refractivity contribution in [1.29, 1.82) is 0 Å². The van der Waals surface area contributed by atoms with Crippen molar-refractivity contribution < 1.29 is 18.8 Å². The topological polar surface area (TPSA) is 81.5 Å². The zero-order chi connectivity index (χ0) is 14.0. The van der Waals surface area contributed by atoms with Gasteiger partial charge in [-0.2, -0.15) is 4.39 Å². The van der Waals surface area contributed by atoms with E-state index in [0.717, 1.165) is 12.1 Å². The van der Waals surface area contributed by atoms with Gasteiger partial charge in [0.15, 0.2) is 0 Å². The third-order valence-electron chi connectivity index (χ3n) is 2.98. The smallest absolute Gasteiger partial charge is 0.305 e. The highest BCUT2D eigenvalue weighted by atomic mass is 19.1. The maximum atomic E-state index is 13.1. The summed E-state index contributed by atoms with van der Waals surface area (Å²) in [6.07, 6.45) is 0. The first-order valence-electron chi connectivity index (χ1n) is 5.71. The van der Waals surface area contributed by atoms with Crippen molar-refractivity contribution in [3.63, 3.8) is 0 Å². The summed E-state index contributed by atoms with van der Waals surface area (Å²) in [5.74, 6) is -1.42. The fraction of sp³-hybridized carbons (Fsp3) is 0.417. The van der Waals surface area contributed by atoms with Crippen LogP contribution in [0, 0.1) is 21.3 Å². The van der Waals surface area contributed by atoms with Gasteiger partial charge in [0.05, 0.1) is 18.1 Å². The van der Waals surface area contributed by atoms with E-state index in [4.69, 9.17) is 4.74 Å². The molecule has 1 fully saturated rings. The molecule has 6 nitrogen and oxygen atoms in total. The zero-order valence-corrected chi connectivity index (χ0v) is 10.3. The quantitative estimate of drug-likeness (QED) is 0.662. The van der Waals surface area contributed by atoms with Gasteiger partial charge in [0.25, 0.3) is 5.91 Å². The van der Waals surface area contributed by atoms with Gasteiger partial charge in [-0.1, -0.05) is 6.92 Å². The van der Waals surface area contributed by atoms with Crippen molar-refractivity contribution in [3.05, 3.63) is 39.7 Å². The van der Waals surface area contributed by atoms with E-state index in [0.29, 0.717) is 19.8 Å². The van der Waals surface area contributed by atoms with Crippen LogP contribution >= 0.6 is 0 Å². The first-order valence-corrected chi connectivity index (χ1v) is 5.71. The molecule has 0 saturated carbocycles. The second-order valence-corrected chi connectivity index (χ2v) is 4.91. The molecule has 19 heavy (non-hydrogen) atoms. The molecule has 0 spiro atoms. The molecule has 7 heteroatoms. The number of rotatable bonds is 4. The number of amides is 1. The molecule has 1 heterocycles. The highest BCUT2D eigenvalue weighted by molar-refractivity contribution is 5.94. The predicted octanol–water partition coefficient (Wildman–Crippen LogP) is 1.50. The van der Waals surface area contributed by atoms with E-state index < -0.39 is 22.3 Å². The Bertz CT molecular complexity index is 528. The highest BCUT2D eigenvalue weighted by Crippen LogP contribution is 2.25. The van der Waals surface area contributed by atoms with E-state index in [9.17, 15) is 19.3 Å². The van der Waals surface area contributed by atoms with E-state index in [1.165, 1.54) is 6.07 Å². The summed E-state index contributed by atoms with van der Waals surface area (Å²) in [4.78, 5) is 21.6. The average Bonchev–Trinajstić information content (AvgIpc) is 2.33. The number of hydrogen-bond donors (Lipinski definition) is 1. The summed E-state index contributed by atoms with van der Waals surface area (Å²) in [5, 5.41) is 13.2. The monoisotopic (exact) mass is 268 g/mol. The Hall–Kier alpha value is -2.02. The van der Waals surface area contributed by atoms with Crippen molar-refractivity contribution in [2.75, 3.05) is 19.8 Å². The Kier molecular flexibility index (Phi) is 3.48. The molecule has 0 aliphatic carbocycles. The Balaban J connectivity index is 2.06. The largest absolute Gasteiger partial charge is 0.380 e. The molecule has 2 rings (SSSR count). The van der Waals surface area contributed by atoms with E-state index in [2.05, 4.69) is 5.32 Å². The maximum Gasteiger partial charge on any atom is 0.305 e. The van der Waals surface area contributed by atoms with E-state index in [1.807, 2.05) is 6.92 Å². The number of ether oxygens (including phenoxy) is 1. The number of benzene rings is 1. The van der Waals surface area contributed by atoms with Gasteiger partial charge in [-0.25, -0.2) is 0 Å². The summed E-state index contributed by atoms with van der Waals surface area (Å²) < 4.78 is 18.2. The number of nitrogens with one attached hydrogen (secondary N) is 1. The molecule has 0 unspecified atom stereocenters. The molecule has 1 aromatic carbocycles. The number of nitro groups is 1. The van der Waals surface area contributed by atoms with Crippen molar-refractivity contribution in [2.24, 2.45) is 5.41 Å². The molecular formula is C12H13FN2O4. The fourth-order valence-corrected chi connectivity index (χ4v) is 1.74. The molecule has 0 radical (unpaired) electrons. The van der Waals surface area contributed by atoms with Crippen molar-refractivity contribution in [2.45, 2.75) is 6.92 Å². The maximum absolute atomic E-state index is 13.1. The van der Waals surface area contributed by atoms with Crippen LogP contribution in [-0.4, -0.2) is 30.6 Å². The van der Waals surface area contributed by atoms with Gasteiger partial charge in [0.2, 0.25) is 5.82 Å². The first kappa shape index (κ1) is 13.4. The zero-order valence-electron chi connectivity index (χ0n) is 10.3. The van der Waals surface area contributed by atoms with Gasteiger partial charge < -0.3 is 10.1 Å². The Morgan fingerprint density at radius 2 is 2.26 bits per heavy atom. The molecule has 0 aromatic heterocycles. The lowest BCUT2D eigenvalue weighted by molar-refractivity contribution is -0.387. The molecule has 1 amide bonds. The van der Waals surface area contributed by atoms with Gasteiger partial charge in [0, 0.05) is 23.6 Å². The van der Waals surface area contributed by atoms with Crippen LogP contribution in [0.3, 0.4) is 0 Å². The Morgan fingerprint density at radius 1 is 1.58 bits per heavy atom. The lowest BCUT2D eigenvalue weighted by Crippen LogP contribution is -2.48. The average molecular weight is 268 g/mol. The van der Waals surface area contributed by atoms with Gasteiger partial charge in [-0.3, -0.25) is 14.9 Å². The summed E-state index contributed by atoms with van der Waals surface area (Å²) in [7, 11) is 0. The lowest BCUT2D eigenvalue weighted by Gasteiger charge is -2.38. The molecule has 1 aliphatic heterocycles.